The highest BCUT2D eigenvalue weighted by atomic mass is 35.5. The van der Waals surface area contributed by atoms with E-state index in [2.05, 4.69) is 25.6 Å². The normalized spacial score (nSPS) is 16.0. The third kappa shape index (κ3) is 4.40. The van der Waals surface area contributed by atoms with Gasteiger partial charge in [-0.1, -0.05) is 29.8 Å². The van der Waals surface area contributed by atoms with Crippen molar-refractivity contribution in [2.75, 3.05) is 32.1 Å². The molecular weight excluding hydrogens is 452 g/mol. The zero-order valence-corrected chi connectivity index (χ0v) is 19.8. The Morgan fingerprint density at radius 1 is 1.21 bits per heavy atom. The quantitative estimate of drug-likeness (QED) is 0.455. The predicted octanol–water partition coefficient (Wildman–Crippen LogP) is 3.51. The van der Waals surface area contributed by atoms with Crippen molar-refractivity contribution in [1.82, 2.24) is 24.8 Å². The average molecular weight is 477 g/mol. The lowest BCUT2D eigenvalue weighted by molar-refractivity contribution is 0.0183. The monoisotopic (exact) mass is 476 g/mol. The number of ether oxygens (including phenoxy) is 1. The second-order valence-electron chi connectivity index (χ2n) is 8.25. The number of halogens is 1. The van der Waals surface area contributed by atoms with E-state index in [1.165, 1.54) is 0 Å². The van der Waals surface area contributed by atoms with Crippen LogP contribution in [0.15, 0.2) is 53.5 Å². The number of benzene rings is 1. The summed E-state index contributed by atoms with van der Waals surface area (Å²) in [6.45, 7) is 4.40. The summed E-state index contributed by atoms with van der Waals surface area (Å²) in [7, 11) is 1.75. The summed E-state index contributed by atoms with van der Waals surface area (Å²) in [6.07, 6.45) is 1.58. The Morgan fingerprint density at radius 2 is 2.09 bits per heavy atom. The van der Waals surface area contributed by atoms with Crippen LogP contribution in [-0.2, 0) is 11.3 Å². The number of morpholine rings is 1. The Kier molecular flexibility index (Phi) is 6.28. The lowest BCUT2D eigenvalue weighted by atomic mass is 10.0. The standard InChI is InChI=1S/C25H25ClN6O2/c1-15-4-3-5-22(30-15)16-6-7-19(21(26)11-16)20-10-17-12-29-25(27-2)31-23(17)32(24(20)33)14-18-13-28-8-9-34-18/h3-7,10-12,18,28H,8-9,13-14H2,1-2H3,(H,27,29,31)/t18-/m1/s1. The fraction of sp³-hybridized carbons (Fsp3) is 0.280. The van der Waals surface area contributed by atoms with Crippen molar-refractivity contribution in [3.05, 3.63) is 69.7 Å². The summed E-state index contributed by atoms with van der Waals surface area (Å²) in [5.74, 6) is 0.448. The molecule has 4 heterocycles. The molecule has 1 saturated heterocycles. The molecule has 0 unspecified atom stereocenters. The first kappa shape index (κ1) is 22.5. The molecule has 0 aliphatic carbocycles. The lowest BCUT2D eigenvalue weighted by Gasteiger charge is -2.25. The average Bonchev–Trinajstić information content (AvgIpc) is 2.86. The van der Waals surface area contributed by atoms with E-state index >= 15 is 0 Å². The van der Waals surface area contributed by atoms with Crippen LogP contribution in [-0.4, -0.2) is 52.4 Å². The van der Waals surface area contributed by atoms with Gasteiger partial charge >= 0.3 is 0 Å². The van der Waals surface area contributed by atoms with Crippen LogP contribution in [0.25, 0.3) is 33.4 Å². The molecule has 0 bridgehead atoms. The van der Waals surface area contributed by atoms with Crippen molar-refractivity contribution in [3.63, 3.8) is 0 Å². The number of aromatic nitrogens is 4. The van der Waals surface area contributed by atoms with Gasteiger partial charge in [0.2, 0.25) is 5.95 Å². The molecule has 5 rings (SSSR count). The first-order valence-corrected chi connectivity index (χ1v) is 11.6. The van der Waals surface area contributed by atoms with Gasteiger partial charge < -0.3 is 15.4 Å². The first-order chi connectivity index (χ1) is 16.5. The minimum absolute atomic E-state index is 0.136. The number of aryl methyl sites for hydroxylation is 1. The highest BCUT2D eigenvalue weighted by molar-refractivity contribution is 6.33. The largest absolute Gasteiger partial charge is 0.374 e. The first-order valence-electron chi connectivity index (χ1n) is 11.2. The number of hydrogen-bond donors (Lipinski definition) is 2. The van der Waals surface area contributed by atoms with Crippen molar-refractivity contribution in [2.24, 2.45) is 0 Å². The van der Waals surface area contributed by atoms with Gasteiger partial charge in [-0.3, -0.25) is 14.3 Å². The van der Waals surface area contributed by atoms with Gasteiger partial charge in [0, 0.05) is 59.1 Å². The van der Waals surface area contributed by atoms with Crippen molar-refractivity contribution in [2.45, 2.75) is 19.6 Å². The van der Waals surface area contributed by atoms with E-state index in [0.29, 0.717) is 47.4 Å². The predicted molar refractivity (Wildman–Crippen MR) is 134 cm³/mol. The van der Waals surface area contributed by atoms with E-state index in [1.54, 1.807) is 23.9 Å². The summed E-state index contributed by atoms with van der Waals surface area (Å²) in [6, 6.07) is 13.3. The van der Waals surface area contributed by atoms with Gasteiger partial charge in [0.25, 0.3) is 5.56 Å². The Morgan fingerprint density at radius 3 is 2.82 bits per heavy atom. The SMILES string of the molecule is CNc1ncc2cc(-c3ccc(-c4cccc(C)n4)cc3Cl)c(=O)n(C[C@H]3CNCCO3)c2n1. The Hall–Kier alpha value is -3.33. The van der Waals surface area contributed by atoms with Crippen molar-refractivity contribution in [1.29, 1.82) is 0 Å². The minimum Gasteiger partial charge on any atom is -0.374 e. The number of rotatable bonds is 5. The van der Waals surface area contributed by atoms with Gasteiger partial charge in [0.05, 0.1) is 24.9 Å². The Labute approximate surface area is 202 Å². The van der Waals surface area contributed by atoms with E-state index in [1.807, 2.05) is 43.3 Å². The molecule has 2 N–H and O–H groups in total. The molecule has 0 radical (unpaired) electrons. The highest BCUT2D eigenvalue weighted by Crippen LogP contribution is 2.31. The third-order valence-corrected chi connectivity index (χ3v) is 6.20. The minimum atomic E-state index is -0.175. The van der Waals surface area contributed by atoms with Crippen LogP contribution >= 0.6 is 11.6 Å². The molecule has 1 atom stereocenters. The van der Waals surface area contributed by atoms with E-state index in [4.69, 9.17) is 16.3 Å². The summed E-state index contributed by atoms with van der Waals surface area (Å²) < 4.78 is 7.54. The zero-order valence-electron chi connectivity index (χ0n) is 19.0. The van der Waals surface area contributed by atoms with Gasteiger partial charge in [0.15, 0.2) is 0 Å². The van der Waals surface area contributed by atoms with Crippen LogP contribution in [0.5, 0.6) is 0 Å². The number of nitrogens with one attached hydrogen (secondary N) is 2. The molecule has 0 saturated carbocycles. The fourth-order valence-electron chi connectivity index (χ4n) is 4.18. The molecule has 1 aliphatic rings. The second-order valence-corrected chi connectivity index (χ2v) is 8.66. The van der Waals surface area contributed by atoms with Gasteiger partial charge in [0.1, 0.15) is 5.65 Å². The van der Waals surface area contributed by atoms with Gasteiger partial charge in [-0.25, -0.2) is 4.98 Å². The van der Waals surface area contributed by atoms with Crippen LogP contribution in [0.3, 0.4) is 0 Å². The number of anilines is 1. The maximum Gasteiger partial charge on any atom is 0.260 e. The van der Waals surface area contributed by atoms with Crippen LogP contribution < -0.4 is 16.2 Å². The van der Waals surface area contributed by atoms with Gasteiger partial charge in [-0.05, 0) is 31.2 Å². The molecule has 1 fully saturated rings. The molecule has 4 aromatic rings. The van der Waals surface area contributed by atoms with Crippen molar-refractivity contribution >= 4 is 28.6 Å². The molecule has 174 valence electrons. The molecule has 1 aromatic carbocycles. The molecular formula is C25H25ClN6O2. The van der Waals surface area contributed by atoms with Crippen LogP contribution in [0.4, 0.5) is 5.95 Å². The Bertz CT molecular complexity index is 1410. The second kappa shape index (κ2) is 9.50. The number of hydrogen-bond acceptors (Lipinski definition) is 7. The summed E-state index contributed by atoms with van der Waals surface area (Å²) in [5.41, 5.74) is 4.17. The maximum atomic E-state index is 13.7. The van der Waals surface area contributed by atoms with Crippen LogP contribution in [0, 0.1) is 6.92 Å². The molecule has 1 aliphatic heterocycles. The zero-order chi connectivity index (χ0) is 23.7. The summed E-state index contributed by atoms with van der Waals surface area (Å²) in [4.78, 5) is 27.2. The highest BCUT2D eigenvalue weighted by Gasteiger charge is 2.20. The summed E-state index contributed by atoms with van der Waals surface area (Å²) >= 11 is 6.72. The van der Waals surface area contributed by atoms with E-state index in [0.717, 1.165) is 28.9 Å². The number of fused-ring (bicyclic) bond motifs is 1. The van der Waals surface area contributed by atoms with Gasteiger partial charge in [-0.2, -0.15) is 4.98 Å². The van der Waals surface area contributed by atoms with Crippen molar-refractivity contribution in [3.8, 4) is 22.4 Å². The lowest BCUT2D eigenvalue weighted by Crippen LogP contribution is -2.42. The fourth-order valence-corrected chi connectivity index (χ4v) is 4.46. The van der Waals surface area contributed by atoms with Gasteiger partial charge in [-0.15, -0.1) is 0 Å². The Balaban J connectivity index is 1.63. The molecule has 3 aromatic heterocycles. The molecule has 8 nitrogen and oxygen atoms in total. The van der Waals surface area contributed by atoms with Crippen LogP contribution in [0.1, 0.15) is 5.69 Å². The molecule has 9 heteroatoms. The molecule has 0 spiro atoms. The smallest absolute Gasteiger partial charge is 0.260 e. The third-order valence-electron chi connectivity index (χ3n) is 5.88. The van der Waals surface area contributed by atoms with E-state index in [-0.39, 0.29) is 11.7 Å². The number of nitrogens with zero attached hydrogens (tertiary/aromatic N) is 4. The van der Waals surface area contributed by atoms with E-state index < -0.39 is 0 Å². The van der Waals surface area contributed by atoms with E-state index in [9.17, 15) is 4.79 Å². The topological polar surface area (TPSA) is 94.0 Å². The number of pyridine rings is 2. The summed E-state index contributed by atoms with van der Waals surface area (Å²) in [5, 5.41) is 7.48. The van der Waals surface area contributed by atoms with Crippen molar-refractivity contribution < 1.29 is 4.74 Å². The molecule has 0 amide bonds. The maximum absolute atomic E-state index is 13.7. The molecule has 34 heavy (non-hydrogen) atoms. The van der Waals surface area contributed by atoms with Crippen LogP contribution in [0.2, 0.25) is 5.02 Å².